The van der Waals surface area contributed by atoms with Gasteiger partial charge in [-0.25, -0.2) is 0 Å². The molecular weight excluding hydrogens is 318 g/mol. The first-order valence-corrected chi connectivity index (χ1v) is 8.99. The number of nitrogens with zero attached hydrogens (tertiary/aromatic N) is 1. The van der Waals surface area contributed by atoms with E-state index in [1.165, 1.54) is 22.1 Å². The van der Waals surface area contributed by atoms with Gasteiger partial charge in [-0.15, -0.1) is 0 Å². The summed E-state index contributed by atoms with van der Waals surface area (Å²) in [5.41, 5.74) is 6.76. The Kier molecular flexibility index (Phi) is 3.91. The Morgan fingerprint density at radius 2 is 1.65 bits per heavy atom. The van der Waals surface area contributed by atoms with Crippen LogP contribution >= 0.6 is 0 Å². The van der Waals surface area contributed by atoms with Gasteiger partial charge in [-0.3, -0.25) is 4.98 Å². The van der Waals surface area contributed by atoms with Crippen LogP contribution in [0.2, 0.25) is 0 Å². The number of hydrogen-bond acceptors (Lipinski definition) is 2. The van der Waals surface area contributed by atoms with Crippen molar-refractivity contribution >= 4 is 11.0 Å². The molecule has 0 saturated carbocycles. The van der Waals surface area contributed by atoms with Crippen molar-refractivity contribution in [3.63, 3.8) is 0 Å². The summed E-state index contributed by atoms with van der Waals surface area (Å²) in [6, 6.07) is 21.0. The maximum Gasteiger partial charge on any atom is 0.134 e. The molecule has 0 atom stereocenters. The summed E-state index contributed by atoms with van der Waals surface area (Å²) < 4.78 is 6.09. The highest BCUT2D eigenvalue weighted by atomic mass is 16.3. The first-order chi connectivity index (χ1) is 12.4. The predicted octanol–water partition coefficient (Wildman–Crippen LogP) is 6.77. The van der Waals surface area contributed by atoms with E-state index in [9.17, 15) is 0 Å². The second-order valence-corrected chi connectivity index (χ2v) is 7.81. The largest absolute Gasteiger partial charge is 0.461 e. The van der Waals surface area contributed by atoms with E-state index in [-0.39, 0.29) is 5.41 Å². The molecule has 0 aliphatic rings. The number of furan rings is 1. The Morgan fingerprint density at radius 1 is 0.846 bits per heavy atom. The van der Waals surface area contributed by atoms with Gasteiger partial charge in [0.1, 0.15) is 11.3 Å². The van der Waals surface area contributed by atoms with Crippen LogP contribution in [0.3, 0.4) is 0 Å². The van der Waals surface area contributed by atoms with Crippen molar-refractivity contribution in [1.29, 1.82) is 0 Å². The molecule has 2 heteroatoms. The van der Waals surface area contributed by atoms with Gasteiger partial charge < -0.3 is 4.42 Å². The molecule has 0 amide bonds. The number of aryl methyl sites for hydroxylation is 1. The maximum atomic E-state index is 6.09. The topological polar surface area (TPSA) is 26.0 Å². The zero-order chi connectivity index (χ0) is 18.3. The normalized spacial score (nSPS) is 11.8. The highest BCUT2D eigenvalue weighted by Crippen LogP contribution is 2.36. The standard InChI is InChI=1S/C24H23NO/c1-16-19(11-12-22-20(16)15-23(26-22)24(2,3)4)17-8-7-9-18(14-17)21-10-5-6-13-25-21/h5-15H,1-4H3. The Labute approximate surface area is 154 Å². The number of hydrogen-bond donors (Lipinski definition) is 0. The van der Waals surface area contributed by atoms with Crippen LogP contribution in [0.15, 0.2) is 71.3 Å². The lowest BCUT2D eigenvalue weighted by Gasteiger charge is -2.13. The van der Waals surface area contributed by atoms with E-state index >= 15 is 0 Å². The third-order valence-electron chi connectivity index (χ3n) is 4.84. The fourth-order valence-electron chi connectivity index (χ4n) is 3.31. The molecule has 0 spiro atoms. The molecule has 2 nitrogen and oxygen atoms in total. The monoisotopic (exact) mass is 341 g/mol. The van der Waals surface area contributed by atoms with Crippen LogP contribution in [-0.2, 0) is 5.41 Å². The molecule has 0 aliphatic heterocycles. The summed E-state index contributed by atoms with van der Waals surface area (Å²) in [5.74, 6) is 1.02. The molecule has 0 bridgehead atoms. The molecule has 2 heterocycles. The Morgan fingerprint density at radius 3 is 2.38 bits per heavy atom. The smallest absolute Gasteiger partial charge is 0.134 e. The molecule has 4 rings (SSSR count). The first-order valence-electron chi connectivity index (χ1n) is 8.99. The number of pyridine rings is 1. The highest BCUT2D eigenvalue weighted by Gasteiger charge is 2.20. The molecule has 0 saturated heterocycles. The van der Waals surface area contributed by atoms with Crippen LogP contribution in [0.1, 0.15) is 32.1 Å². The van der Waals surface area contributed by atoms with Crippen molar-refractivity contribution < 1.29 is 4.42 Å². The summed E-state index contributed by atoms with van der Waals surface area (Å²) in [4.78, 5) is 4.47. The van der Waals surface area contributed by atoms with Gasteiger partial charge >= 0.3 is 0 Å². The van der Waals surface area contributed by atoms with E-state index in [1.54, 1.807) is 0 Å². The minimum absolute atomic E-state index is 0.00448. The maximum absolute atomic E-state index is 6.09. The van der Waals surface area contributed by atoms with Crippen molar-refractivity contribution in [3.8, 4) is 22.4 Å². The van der Waals surface area contributed by atoms with Gasteiger partial charge in [0.2, 0.25) is 0 Å². The fraction of sp³-hybridized carbons (Fsp3) is 0.208. The molecule has 2 aromatic carbocycles. The van der Waals surface area contributed by atoms with E-state index in [0.717, 1.165) is 22.6 Å². The molecule has 0 fully saturated rings. The van der Waals surface area contributed by atoms with Crippen LogP contribution in [0.5, 0.6) is 0 Å². The Balaban J connectivity index is 1.83. The van der Waals surface area contributed by atoms with Gasteiger partial charge in [0.25, 0.3) is 0 Å². The lowest BCUT2D eigenvalue weighted by atomic mass is 9.92. The minimum atomic E-state index is 0.00448. The molecule has 0 aliphatic carbocycles. The first kappa shape index (κ1) is 16.6. The summed E-state index contributed by atoms with van der Waals surface area (Å²) in [6.45, 7) is 8.71. The van der Waals surface area contributed by atoms with E-state index in [2.05, 4.69) is 75.1 Å². The van der Waals surface area contributed by atoms with Gasteiger partial charge in [-0.1, -0.05) is 51.1 Å². The van der Waals surface area contributed by atoms with Gasteiger partial charge in [0, 0.05) is 22.6 Å². The number of fused-ring (bicyclic) bond motifs is 1. The van der Waals surface area contributed by atoms with E-state index < -0.39 is 0 Å². The predicted molar refractivity (Wildman–Crippen MR) is 108 cm³/mol. The molecule has 26 heavy (non-hydrogen) atoms. The van der Waals surface area contributed by atoms with Crippen LogP contribution in [0.25, 0.3) is 33.4 Å². The van der Waals surface area contributed by atoms with Gasteiger partial charge in [-0.05, 0) is 53.9 Å². The number of aromatic nitrogens is 1. The zero-order valence-corrected chi connectivity index (χ0v) is 15.7. The average Bonchev–Trinajstić information content (AvgIpc) is 3.09. The summed E-state index contributed by atoms with van der Waals surface area (Å²) in [6.07, 6.45) is 1.83. The highest BCUT2D eigenvalue weighted by molar-refractivity contribution is 5.89. The summed E-state index contributed by atoms with van der Waals surface area (Å²) in [7, 11) is 0. The van der Waals surface area contributed by atoms with E-state index in [1.807, 2.05) is 24.4 Å². The molecule has 0 N–H and O–H groups in total. The van der Waals surface area contributed by atoms with E-state index in [0.29, 0.717) is 0 Å². The third-order valence-corrected chi connectivity index (χ3v) is 4.84. The second kappa shape index (κ2) is 6.14. The molecular formula is C24H23NO. The lowest BCUT2D eigenvalue weighted by Crippen LogP contribution is -2.08. The number of rotatable bonds is 2. The molecule has 4 aromatic rings. The van der Waals surface area contributed by atoms with Gasteiger partial charge in [0.15, 0.2) is 0 Å². The Bertz CT molecular complexity index is 1070. The number of benzene rings is 2. The molecule has 130 valence electrons. The van der Waals surface area contributed by atoms with Crippen LogP contribution in [0, 0.1) is 6.92 Å². The molecule has 2 aromatic heterocycles. The van der Waals surface area contributed by atoms with Crippen molar-refractivity contribution in [2.24, 2.45) is 0 Å². The van der Waals surface area contributed by atoms with E-state index in [4.69, 9.17) is 4.42 Å². The van der Waals surface area contributed by atoms with Gasteiger partial charge in [-0.2, -0.15) is 0 Å². The average molecular weight is 341 g/mol. The molecule has 0 unspecified atom stereocenters. The summed E-state index contributed by atoms with van der Waals surface area (Å²) in [5, 5.41) is 1.19. The van der Waals surface area contributed by atoms with Crippen molar-refractivity contribution in [2.45, 2.75) is 33.1 Å². The van der Waals surface area contributed by atoms with Crippen LogP contribution in [-0.4, -0.2) is 4.98 Å². The van der Waals surface area contributed by atoms with Crippen LogP contribution in [0.4, 0.5) is 0 Å². The Hall–Kier alpha value is -2.87. The molecule has 0 radical (unpaired) electrons. The van der Waals surface area contributed by atoms with Crippen molar-refractivity contribution in [2.75, 3.05) is 0 Å². The lowest BCUT2D eigenvalue weighted by molar-refractivity contribution is 0.430. The second-order valence-electron chi connectivity index (χ2n) is 7.81. The van der Waals surface area contributed by atoms with Crippen LogP contribution < -0.4 is 0 Å². The van der Waals surface area contributed by atoms with Crippen molar-refractivity contribution in [3.05, 3.63) is 78.2 Å². The van der Waals surface area contributed by atoms with Crippen molar-refractivity contribution in [1.82, 2.24) is 4.98 Å². The summed E-state index contributed by atoms with van der Waals surface area (Å²) >= 11 is 0. The zero-order valence-electron chi connectivity index (χ0n) is 15.7. The quantitative estimate of drug-likeness (QED) is 0.402. The van der Waals surface area contributed by atoms with Gasteiger partial charge in [0.05, 0.1) is 5.69 Å². The third kappa shape index (κ3) is 2.92. The fourth-order valence-corrected chi connectivity index (χ4v) is 3.31. The minimum Gasteiger partial charge on any atom is -0.461 e. The SMILES string of the molecule is Cc1c(-c2cccc(-c3ccccn3)c2)ccc2oc(C(C)(C)C)cc12.